The quantitative estimate of drug-likeness (QED) is 0.527. The highest BCUT2D eigenvalue weighted by atomic mass is 16.5. The Balaban J connectivity index is 2.81. The van der Waals surface area contributed by atoms with Crippen LogP contribution in [0.25, 0.3) is 0 Å². The van der Waals surface area contributed by atoms with E-state index in [0.717, 1.165) is 17.6 Å². The SMILES string of the molecule is C=CC(C=O)c1ccc(OCC)cc1. The molecule has 0 heterocycles. The number of hydrogen-bond donors (Lipinski definition) is 0. The average Bonchev–Trinajstić information content (AvgIpc) is 2.23. The molecule has 1 aromatic carbocycles. The maximum atomic E-state index is 10.6. The van der Waals surface area contributed by atoms with E-state index in [9.17, 15) is 4.79 Å². The molecule has 1 aromatic rings. The zero-order valence-electron chi connectivity index (χ0n) is 8.27. The Morgan fingerprint density at radius 3 is 2.50 bits per heavy atom. The number of hydrogen-bond acceptors (Lipinski definition) is 2. The standard InChI is InChI=1S/C12H14O2/c1-3-10(9-13)11-5-7-12(8-6-11)14-4-2/h3,5-10H,1,4H2,2H3. The van der Waals surface area contributed by atoms with Crippen molar-refractivity contribution in [3.63, 3.8) is 0 Å². The monoisotopic (exact) mass is 190 g/mol. The van der Waals surface area contributed by atoms with Crippen molar-refractivity contribution in [1.82, 2.24) is 0 Å². The van der Waals surface area contributed by atoms with Crippen LogP contribution in [0.5, 0.6) is 5.75 Å². The van der Waals surface area contributed by atoms with Crippen molar-refractivity contribution in [3.05, 3.63) is 42.5 Å². The second-order valence-corrected chi connectivity index (χ2v) is 2.90. The average molecular weight is 190 g/mol. The van der Waals surface area contributed by atoms with Crippen LogP contribution in [0.3, 0.4) is 0 Å². The van der Waals surface area contributed by atoms with Crippen LogP contribution in [0.4, 0.5) is 0 Å². The van der Waals surface area contributed by atoms with Gasteiger partial charge in [0.2, 0.25) is 0 Å². The van der Waals surface area contributed by atoms with Crippen LogP contribution in [0.1, 0.15) is 18.4 Å². The van der Waals surface area contributed by atoms with E-state index in [1.807, 2.05) is 31.2 Å². The first-order chi connectivity index (χ1) is 6.81. The molecule has 0 aliphatic carbocycles. The summed E-state index contributed by atoms with van der Waals surface area (Å²) in [7, 11) is 0. The summed E-state index contributed by atoms with van der Waals surface area (Å²) in [6, 6.07) is 7.48. The molecule has 2 heteroatoms. The highest BCUT2D eigenvalue weighted by molar-refractivity contribution is 5.65. The molecule has 1 unspecified atom stereocenters. The molecule has 0 bridgehead atoms. The summed E-state index contributed by atoms with van der Waals surface area (Å²) in [5, 5.41) is 0. The normalized spacial score (nSPS) is 11.8. The maximum Gasteiger partial charge on any atom is 0.131 e. The Bertz CT molecular complexity index is 293. The van der Waals surface area contributed by atoms with E-state index in [2.05, 4.69) is 6.58 Å². The van der Waals surface area contributed by atoms with Gasteiger partial charge in [-0.05, 0) is 24.6 Å². The van der Waals surface area contributed by atoms with Gasteiger partial charge in [-0.3, -0.25) is 0 Å². The smallest absolute Gasteiger partial charge is 0.131 e. The molecule has 74 valence electrons. The topological polar surface area (TPSA) is 26.3 Å². The minimum Gasteiger partial charge on any atom is -0.494 e. The molecule has 1 rings (SSSR count). The van der Waals surface area contributed by atoms with E-state index in [1.165, 1.54) is 0 Å². The predicted molar refractivity (Wildman–Crippen MR) is 56.6 cm³/mol. The van der Waals surface area contributed by atoms with Crippen LogP contribution in [0.2, 0.25) is 0 Å². The van der Waals surface area contributed by atoms with E-state index < -0.39 is 0 Å². The number of rotatable bonds is 5. The van der Waals surface area contributed by atoms with E-state index in [-0.39, 0.29) is 5.92 Å². The summed E-state index contributed by atoms with van der Waals surface area (Å²) in [5.41, 5.74) is 0.943. The Morgan fingerprint density at radius 2 is 2.07 bits per heavy atom. The molecule has 1 atom stereocenters. The Kier molecular flexibility index (Phi) is 3.92. The van der Waals surface area contributed by atoms with Crippen LogP contribution < -0.4 is 4.74 Å². The summed E-state index contributed by atoms with van der Waals surface area (Å²) in [6.45, 7) is 6.19. The number of aldehydes is 1. The fourth-order valence-electron chi connectivity index (χ4n) is 1.22. The van der Waals surface area contributed by atoms with Crippen molar-refractivity contribution in [2.45, 2.75) is 12.8 Å². The number of carbonyl (C=O) groups excluding carboxylic acids is 1. The molecule has 0 aliphatic rings. The van der Waals surface area contributed by atoms with Gasteiger partial charge in [-0.15, -0.1) is 6.58 Å². The van der Waals surface area contributed by atoms with Crippen molar-refractivity contribution in [1.29, 1.82) is 0 Å². The third kappa shape index (κ3) is 2.46. The summed E-state index contributed by atoms with van der Waals surface area (Å²) >= 11 is 0. The molecular weight excluding hydrogens is 176 g/mol. The number of allylic oxidation sites excluding steroid dienone is 1. The first-order valence-corrected chi connectivity index (χ1v) is 4.62. The molecular formula is C12H14O2. The minimum atomic E-state index is -0.217. The Labute approximate surface area is 84.2 Å². The second kappa shape index (κ2) is 5.22. The fourth-order valence-corrected chi connectivity index (χ4v) is 1.22. The third-order valence-corrected chi connectivity index (χ3v) is 1.98. The lowest BCUT2D eigenvalue weighted by Crippen LogP contribution is -1.96. The van der Waals surface area contributed by atoms with E-state index >= 15 is 0 Å². The summed E-state index contributed by atoms with van der Waals surface area (Å²) in [4.78, 5) is 10.6. The molecule has 0 spiro atoms. The van der Waals surface area contributed by atoms with E-state index in [4.69, 9.17) is 4.74 Å². The van der Waals surface area contributed by atoms with Crippen LogP contribution in [0, 0.1) is 0 Å². The lowest BCUT2D eigenvalue weighted by molar-refractivity contribution is -0.108. The van der Waals surface area contributed by atoms with Crippen LogP contribution in [-0.4, -0.2) is 12.9 Å². The fraction of sp³-hybridized carbons (Fsp3) is 0.250. The van der Waals surface area contributed by atoms with E-state index in [0.29, 0.717) is 6.61 Å². The predicted octanol–water partition coefficient (Wildman–Crippen LogP) is 2.55. The van der Waals surface area contributed by atoms with Crippen LogP contribution in [-0.2, 0) is 4.79 Å². The molecule has 14 heavy (non-hydrogen) atoms. The number of benzene rings is 1. The first-order valence-electron chi connectivity index (χ1n) is 4.62. The van der Waals surface area contributed by atoms with Gasteiger partial charge in [0.15, 0.2) is 0 Å². The summed E-state index contributed by atoms with van der Waals surface area (Å²) < 4.78 is 5.29. The van der Waals surface area contributed by atoms with E-state index in [1.54, 1.807) is 6.08 Å². The van der Waals surface area contributed by atoms with Gasteiger partial charge in [0.05, 0.1) is 12.5 Å². The van der Waals surface area contributed by atoms with Crippen molar-refractivity contribution in [2.24, 2.45) is 0 Å². The summed E-state index contributed by atoms with van der Waals surface area (Å²) in [6.07, 6.45) is 2.51. The van der Waals surface area contributed by atoms with Crippen molar-refractivity contribution in [2.75, 3.05) is 6.61 Å². The van der Waals surface area contributed by atoms with Crippen molar-refractivity contribution >= 4 is 6.29 Å². The molecule has 0 aromatic heterocycles. The molecule has 0 N–H and O–H groups in total. The van der Waals surface area contributed by atoms with Gasteiger partial charge < -0.3 is 9.53 Å². The molecule has 0 saturated heterocycles. The van der Waals surface area contributed by atoms with Crippen molar-refractivity contribution in [3.8, 4) is 5.75 Å². The zero-order valence-corrected chi connectivity index (χ0v) is 8.27. The number of carbonyl (C=O) groups is 1. The highest BCUT2D eigenvalue weighted by Gasteiger charge is 2.04. The van der Waals surface area contributed by atoms with Gasteiger partial charge in [-0.1, -0.05) is 18.2 Å². The van der Waals surface area contributed by atoms with Crippen LogP contribution in [0.15, 0.2) is 36.9 Å². The van der Waals surface area contributed by atoms with Gasteiger partial charge in [0.1, 0.15) is 12.0 Å². The van der Waals surface area contributed by atoms with Gasteiger partial charge in [0, 0.05) is 0 Å². The van der Waals surface area contributed by atoms with Gasteiger partial charge in [-0.25, -0.2) is 0 Å². The first kappa shape index (κ1) is 10.5. The lowest BCUT2D eigenvalue weighted by Gasteiger charge is -2.06. The van der Waals surface area contributed by atoms with Gasteiger partial charge >= 0.3 is 0 Å². The number of ether oxygens (including phenoxy) is 1. The van der Waals surface area contributed by atoms with Crippen LogP contribution >= 0.6 is 0 Å². The molecule has 2 nitrogen and oxygen atoms in total. The lowest BCUT2D eigenvalue weighted by atomic mass is 10.0. The minimum absolute atomic E-state index is 0.217. The van der Waals surface area contributed by atoms with Gasteiger partial charge in [-0.2, -0.15) is 0 Å². The Hall–Kier alpha value is -1.57. The largest absolute Gasteiger partial charge is 0.494 e. The second-order valence-electron chi connectivity index (χ2n) is 2.90. The maximum absolute atomic E-state index is 10.6. The highest BCUT2D eigenvalue weighted by Crippen LogP contribution is 2.18. The van der Waals surface area contributed by atoms with Gasteiger partial charge in [0.25, 0.3) is 0 Å². The molecule has 0 amide bonds. The summed E-state index contributed by atoms with van der Waals surface area (Å²) in [5.74, 6) is 0.607. The molecule has 0 aliphatic heterocycles. The molecule has 0 saturated carbocycles. The van der Waals surface area contributed by atoms with Crippen molar-refractivity contribution < 1.29 is 9.53 Å². The Morgan fingerprint density at radius 1 is 1.43 bits per heavy atom. The zero-order chi connectivity index (χ0) is 10.4. The molecule has 0 fully saturated rings. The molecule has 0 radical (unpaired) electrons. The third-order valence-electron chi connectivity index (χ3n) is 1.98.